The Hall–Kier alpha value is -3.25. The molecule has 3 aromatic rings. The first kappa shape index (κ1) is 26.4. The second kappa shape index (κ2) is 12.1. The number of fused-ring (bicyclic) bond motifs is 1. The number of hydrogen-bond donors (Lipinski definition) is 1. The van der Waals surface area contributed by atoms with Gasteiger partial charge in [0.25, 0.3) is 0 Å². The van der Waals surface area contributed by atoms with Crippen LogP contribution in [0.3, 0.4) is 0 Å². The number of nitrogens with zero attached hydrogens (tertiary/aromatic N) is 2. The molecule has 3 aromatic carbocycles. The van der Waals surface area contributed by atoms with Crippen molar-refractivity contribution in [3.05, 3.63) is 82.7 Å². The quantitative estimate of drug-likeness (QED) is 0.341. The summed E-state index contributed by atoms with van der Waals surface area (Å²) in [7, 11) is 1.69. The average Bonchev–Trinajstić information content (AvgIpc) is 3.46. The summed E-state index contributed by atoms with van der Waals surface area (Å²) < 4.78 is 26.3. The molecule has 0 radical (unpaired) electrons. The standard InChI is InChI=1S/C32H39FN2O3/c1-3-35(22-23-6-13-32(30(33)18-23)38-17-16-34-14-4-5-15-34)31-21-28(37-2)11-12-29(31)26-8-7-25-20-27(36)10-9-24(25)19-26/h6,9-13,18,20-21,26,36H,3-5,7-8,14-17,19,22H2,1-2H3. The number of halogens is 1. The number of likely N-dealkylation sites (tertiary alicyclic amines) is 1. The number of phenols is 1. The van der Waals surface area contributed by atoms with Gasteiger partial charge in [0, 0.05) is 31.4 Å². The fourth-order valence-corrected chi connectivity index (χ4v) is 5.91. The summed E-state index contributed by atoms with van der Waals surface area (Å²) >= 11 is 0. The molecule has 0 saturated carbocycles. The molecule has 2 aliphatic rings. The molecule has 6 heteroatoms. The van der Waals surface area contributed by atoms with E-state index in [0.29, 0.717) is 30.6 Å². The molecule has 1 N–H and O–H groups in total. The summed E-state index contributed by atoms with van der Waals surface area (Å²) in [4.78, 5) is 4.67. The van der Waals surface area contributed by atoms with Gasteiger partial charge in [-0.05, 0) is 111 Å². The molecule has 1 aliphatic heterocycles. The van der Waals surface area contributed by atoms with E-state index in [0.717, 1.165) is 62.4 Å². The predicted octanol–water partition coefficient (Wildman–Crippen LogP) is 6.31. The van der Waals surface area contributed by atoms with Gasteiger partial charge < -0.3 is 19.5 Å². The average molecular weight is 519 g/mol. The molecular formula is C32H39FN2O3. The molecule has 0 bridgehead atoms. The number of benzene rings is 3. The molecule has 0 aromatic heterocycles. The Labute approximate surface area is 225 Å². The second-order valence-electron chi connectivity index (χ2n) is 10.5. The zero-order valence-corrected chi connectivity index (χ0v) is 22.6. The lowest BCUT2D eigenvalue weighted by atomic mass is 9.79. The molecule has 1 unspecified atom stereocenters. The van der Waals surface area contributed by atoms with Crippen LogP contribution in [0.25, 0.3) is 0 Å². The Morgan fingerprint density at radius 1 is 1.03 bits per heavy atom. The van der Waals surface area contributed by atoms with Crippen molar-refractivity contribution in [2.45, 2.75) is 51.5 Å². The third-order valence-electron chi connectivity index (χ3n) is 8.05. The van der Waals surface area contributed by atoms with Crippen LogP contribution in [0, 0.1) is 5.82 Å². The first-order valence-corrected chi connectivity index (χ1v) is 13.9. The number of methoxy groups -OCH3 is 1. The van der Waals surface area contributed by atoms with Gasteiger partial charge in [0.15, 0.2) is 11.6 Å². The van der Waals surface area contributed by atoms with Crippen molar-refractivity contribution in [3.63, 3.8) is 0 Å². The van der Waals surface area contributed by atoms with E-state index >= 15 is 0 Å². The van der Waals surface area contributed by atoms with Gasteiger partial charge in [0.1, 0.15) is 18.1 Å². The molecular weight excluding hydrogens is 479 g/mol. The molecule has 1 aliphatic carbocycles. The third kappa shape index (κ3) is 6.07. The Morgan fingerprint density at radius 3 is 2.63 bits per heavy atom. The van der Waals surface area contributed by atoms with E-state index in [1.165, 1.54) is 29.5 Å². The lowest BCUT2D eigenvalue weighted by molar-refractivity contribution is 0.231. The number of hydrogen-bond acceptors (Lipinski definition) is 5. The van der Waals surface area contributed by atoms with Crippen LogP contribution in [0.2, 0.25) is 0 Å². The Balaban J connectivity index is 1.32. The van der Waals surface area contributed by atoms with E-state index in [-0.39, 0.29) is 5.82 Å². The van der Waals surface area contributed by atoms with Gasteiger partial charge in [-0.15, -0.1) is 0 Å². The van der Waals surface area contributed by atoms with Crippen LogP contribution in [0.5, 0.6) is 17.2 Å². The summed E-state index contributed by atoms with van der Waals surface area (Å²) in [5.41, 5.74) is 5.86. The topological polar surface area (TPSA) is 45.2 Å². The maximum absolute atomic E-state index is 15.0. The molecule has 5 nitrogen and oxygen atoms in total. The van der Waals surface area contributed by atoms with E-state index < -0.39 is 0 Å². The summed E-state index contributed by atoms with van der Waals surface area (Å²) in [6.45, 7) is 7.09. The number of ether oxygens (including phenoxy) is 2. The zero-order valence-electron chi connectivity index (χ0n) is 22.6. The van der Waals surface area contributed by atoms with Crippen LogP contribution in [0.15, 0.2) is 54.6 Å². The van der Waals surface area contributed by atoms with Crippen molar-refractivity contribution in [1.82, 2.24) is 4.90 Å². The van der Waals surface area contributed by atoms with Crippen LogP contribution in [0.4, 0.5) is 10.1 Å². The lowest BCUT2D eigenvalue weighted by Crippen LogP contribution is -2.25. The zero-order chi connectivity index (χ0) is 26.5. The number of phenolic OH excluding ortho intramolecular Hbond substituents is 1. The molecule has 1 fully saturated rings. The maximum atomic E-state index is 15.0. The van der Waals surface area contributed by atoms with Crippen molar-refractivity contribution in [2.24, 2.45) is 0 Å². The normalized spacial score (nSPS) is 17.3. The summed E-state index contributed by atoms with van der Waals surface area (Å²) in [6.07, 6.45) is 5.38. The monoisotopic (exact) mass is 518 g/mol. The highest BCUT2D eigenvalue weighted by atomic mass is 19.1. The van der Waals surface area contributed by atoms with Gasteiger partial charge in [-0.3, -0.25) is 4.90 Å². The number of rotatable bonds is 10. The Morgan fingerprint density at radius 2 is 1.87 bits per heavy atom. The Bertz CT molecular complexity index is 1240. The van der Waals surface area contributed by atoms with Crippen LogP contribution in [-0.2, 0) is 19.4 Å². The van der Waals surface area contributed by atoms with E-state index in [2.05, 4.69) is 34.9 Å². The minimum atomic E-state index is -0.307. The van der Waals surface area contributed by atoms with Gasteiger partial charge in [-0.1, -0.05) is 18.2 Å². The smallest absolute Gasteiger partial charge is 0.165 e. The van der Waals surface area contributed by atoms with Crippen molar-refractivity contribution < 1.29 is 19.0 Å². The molecule has 0 amide bonds. The molecule has 1 atom stereocenters. The minimum absolute atomic E-state index is 0.307. The molecule has 38 heavy (non-hydrogen) atoms. The molecule has 0 spiro atoms. The molecule has 202 valence electrons. The van der Waals surface area contributed by atoms with Gasteiger partial charge in [-0.25, -0.2) is 4.39 Å². The predicted molar refractivity (Wildman–Crippen MR) is 150 cm³/mol. The highest BCUT2D eigenvalue weighted by Gasteiger charge is 2.25. The van der Waals surface area contributed by atoms with Crippen molar-refractivity contribution >= 4 is 5.69 Å². The van der Waals surface area contributed by atoms with Crippen molar-refractivity contribution in [3.8, 4) is 17.2 Å². The summed E-state index contributed by atoms with van der Waals surface area (Å²) in [6, 6.07) is 17.4. The van der Waals surface area contributed by atoms with Gasteiger partial charge in [-0.2, -0.15) is 0 Å². The highest BCUT2D eigenvalue weighted by molar-refractivity contribution is 5.60. The SMILES string of the molecule is CCN(Cc1ccc(OCCN2CCCC2)c(F)c1)c1cc(OC)ccc1C1CCc2cc(O)ccc2C1. The van der Waals surface area contributed by atoms with Crippen LogP contribution in [0.1, 0.15) is 54.4 Å². The van der Waals surface area contributed by atoms with Gasteiger partial charge in [0.05, 0.1) is 7.11 Å². The Kier molecular flexibility index (Phi) is 8.38. The van der Waals surface area contributed by atoms with Gasteiger partial charge in [0.2, 0.25) is 0 Å². The summed E-state index contributed by atoms with van der Waals surface area (Å²) in [5.74, 6) is 1.53. The van der Waals surface area contributed by atoms with E-state index in [1.54, 1.807) is 25.3 Å². The van der Waals surface area contributed by atoms with E-state index in [9.17, 15) is 9.50 Å². The van der Waals surface area contributed by atoms with Crippen molar-refractivity contribution in [2.75, 3.05) is 44.8 Å². The second-order valence-corrected chi connectivity index (χ2v) is 10.5. The number of aromatic hydroxyl groups is 1. The van der Waals surface area contributed by atoms with Crippen LogP contribution < -0.4 is 14.4 Å². The lowest BCUT2D eigenvalue weighted by Gasteiger charge is -2.32. The fraction of sp³-hybridized carbons (Fsp3) is 0.438. The largest absolute Gasteiger partial charge is 0.508 e. The van der Waals surface area contributed by atoms with Crippen LogP contribution in [-0.4, -0.2) is 49.9 Å². The number of aryl methyl sites for hydroxylation is 1. The van der Waals surface area contributed by atoms with E-state index in [4.69, 9.17) is 9.47 Å². The fourth-order valence-electron chi connectivity index (χ4n) is 5.91. The molecule has 1 heterocycles. The third-order valence-corrected chi connectivity index (χ3v) is 8.05. The highest BCUT2D eigenvalue weighted by Crippen LogP contribution is 2.40. The first-order chi connectivity index (χ1) is 18.5. The summed E-state index contributed by atoms with van der Waals surface area (Å²) in [5, 5.41) is 9.88. The van der Waals surface area contributed by atoms with Gasteiger partial charge >= 0.3 is 0 Å². The molecule has 1 saturated heterocycles. The molecule has 5 rings (SSSR count). The number of anilines is 1. The first-order valence-electron chi connectivity index (χ1n) is 13.9. The van der Waals surface area contributed by atoms with Crippen molar-refractivity contribution in [1.29, 1.82) is 0 Å². The van der Waals surface area contributed by atoms with E-state index in [1.807, 2.05) is 18.2 Å². The maximum Gasteiger partial charge on any atom is 0.165 e. The van der Waals surface area contributed by atoms with Crippen LogP contribution >= 0.6 is 0 Å². The minimum Gasteiger partial charge on any atom is -0.508 e.